The maximum atomic E-state index is 13.5. The van der Waals surface area contributed by atoms with E-state index in [1.165, 1.54) is 0 Å². The molecule has 44 heavy (non-hydrogen) atoms. The van der Waals surface area contributed by atoms with Crippen LogP contribution in [0.3, 0.4) is 0 Å². The maximum Gasteiger partial charge on any atom is 0.389 e. The molecule has 1 fully saturated rings. The number of aryl methyl sites for hydroxylation is 1. The molecule has 0 bridgehead atoms. The van der Waals surface area contributed by atoms with Gasteiger partial charge in [-0.3, -0.25) is 14.4 Å². The molecule has 3 amide bonds. The van der Waals surface area contributed by atoms with Gasteiger partial charge in [0.25, 0.3) is 5.91 Å². The molecule has 4 rings (SSSR count). The molecule has 3 atom stereocenters. The first-order valence-electron chi connectivity index (χ1n) is 14.1. The molecular weight excluding hydrogens is 594 g/mol. The van der Waals surface area contributed by atoms with Crippen molar-refractivity contribution < 1.29 is 45.5 Å². The van der Waals surface area contributed by atoms with Gasteiger partial charge in [-0.2, -0.15) is 26.3 Å². The Balaban J connectivity index is 1.69. The van der Waals surface area contributed by atoms with Gasteiger partial charge in [0.2, 0.25) is 18.0 Å². The smallest absolute Gasteiger partial charge is 0.389 e. The van der Waals surface area contributed by atoms with E-state index in [9.17, 15) is 40.7 Å². The Morgan fingerprint density at radius 2 is 1.70 bits per heavy atom. The van der Waals surface area contributed by atoms with Crippen LogP contribution in [0.2, 0.25) is 0 Å². The predicted molar refractivity (Wildman–Crippen MR) is 149 cm³/mol. The molecule has 1 aliphatic carbocycles. The molecule has 2 aliphatic rings. The van der Waals surface area contributed by atoms with Crippen molar-refractivity contribution in [2.75, 3.05) is 5.32 Å². The highest BCUT2D eigenvalue weighted by Crippen LogP contribution is 2.37. The van der Waals surface area contributed by atoms with E-state index in [-0.39, 0.29) is 17.5 Å². The van der Waals surface area contributed by atoms with Crippen LogP contribution in [0.25, 0.3) is 0 Å². The molecule has 14 heteroatoms. The molecule has 1 heterocycles. The number of nitrogens with zero attached hydrogens (tertiary/aromatic N) is 1. The summed E-state index contributed by atoms with van der Waals surface area (Å²) in [5.41, 5.74) is 7.84. The number of benzodiazepines with no additional fused rings is 1. The summed E-state index contributed by atoms with van der Waals surface area (Å²) in [6.45, 7) is 1.84. The normalized spacial score (nSPS) is 18.3. The lowest BCUT2D eigenvalue weighted by Gasteiger charge is -2.26. The lowest BCUT2D eigenvalue weighted by Crippen LogP contribution is -2.48. The molecule has 0 saturated heterocycles. The Morgan fingerprint density at radius 3 is 2.32 bits per heavy atom. The van der Waals surface area contributed by atoms with Crippen LogP contribution in [0.15, 0.2) is 47.5 Å². The van der Waals surface area contributed by atoms with E-state index in [2.05, 4.69) is 15.6 Å². The monoisotopic (exact) mass is 626 g/mol. The first-order valence-corrected chi connectivity index (χ1v) is 14.1. The highest BCUT2D eigenvalue weighted by Gasteiger charge is 2.39. The van der Waals surface area contributed by atoms with Crippen molar-refractivity contribution in [3.05, 3.63) is 59.2 Å². The zero-order valence-electron chi connectivity index (χ0n) is 23.7. The number of fused-ring (bicyclic) bond motifs is 1. The van der Waals surface area contributed by atoms with Crippen molar-refractivity contribution in [2.45, 2.75) is 76.5 Å². The number of amides is 3. The van der Waals surface area contributed by atoms with E-state index in [1.54, 1.807) is 36.4 Å². The molecule has 4 N–H and O–H groups in total. The molecule has 1 saturated carbocycles. The number of carbonyl (C=O) groups excluding carboxylic acids is 3. The number of benzene rings is 2. The number of aliphatic imine (C=N–C) groups is 1. The number of para-hydroxylation sites is 1. The van der Waals surface area contributed by atoms with Crippen LogP contribution in [0, 0.1) is 18.8 Å². The fourth-order valence-electron chi connectivity index (χ4n) is 5.03. The fourth-order valence-corrected chi connectivity index (χ4v) is 5.03. The largest absolute Gasteiger partial charge is 0.488 e. The quantitative estimate of drug-likeness (QED) is 0.267. The van der Waals surface area contributed by atoms with Crippen molar-refractivity contribution >= 4 is 29.1 Å². The highest BCUT2D eigenvalue weighted by atomic mass is 19.4. The first kappa shape index (κ1) is 32.8. The van der Waals surface area contributed by atoms with E-state index in [4.69, 9.17) is 10.5 Å². The zero-order valence-corrected chi connectivity index (χ0v) is 23.7. The number of anilines is 1. The number of alkyl halides is 6. The second-order valence-electron chi connectivity index (χ2n) is 11.0. The molecule has 0 radical (unpaired) electrons. The minimum absolute atomic E-state index is 0.0333. The van der Waals surface area contributed by atoms with Crippen molar-refractivity contribution in [1.29, 1.82) is 0 Å². The SMILES string of the molecule is Cc1cccc(C2=NC(NC(=O)C(CCC(F)(F)F)C(CCCC(F)(F)F)C(N)=O)C(=O)Nc3c(OC4CC4)cccc32)c1. The minimum Gasteiger partial charge on any atom is -0.488 e. The number of halogens is 6. The summed E-state index contributed by atoms with van der Waals surface area (Å²) in [7, 11) is 0. The Hall–Kier alpha value is -4.10. The van der Waals surface area contributed by atoms with Gasteiger partial charge < -0.3 is 21.1 Å². The number of carbonyl (C=O) groups is 3. The van der Waals surface area contributed by atoms with E-state index in [1.807, 2.05) is 13.0 Å². The Labute approximate surface area is 249 Å². The number of ether oxygens (including phenoxy) is 1. The molecule has 3 unspecified atom stereocenters. The van der Waals surface area contributed by atoms with Crippen LogP contribution in [-0.4, -0.2) is 48.1 Å². The minimum atomic E-state index is -4.73. The lowest BCUT2D eigenvalue weighted by atomic mass is 9.83. The standard InChI is InChI=1S/C30H32F6N4O4/c1-16-5-2-6-17(15-16)23-21-7-3-9-22(44-18-10-11-18)24(21)39-28(43)26(38-23)40-27(42)20(12-14-30(34,35)36)19(25(37)41)8-4-13-29(31,32)33/h2-3,5-7,9,15,18-20,26H,4,8,10-14H2,1H3,(H2,37,41)(H,39,43)(H,40,42). The summed E-state index contributed by atoms with van der Waals surface area (Å²) in [6.07, 6.45) is -14.3. The Kier molecular flexibility index (Phi) is 9.89. The molecule has 0 spiro atoms. The van der Waals surface area contributed by atoms with Crippen molar-refractivity contribution in [2.24, 2.45) is 22.6 Å². The van der Waals surface area contributed by atoms with E-state index < -0.39 is 80.2 Å². The fraction of sp³-hybridized carbons (Fsp3) is 0.467. The number of nitrogens with two attached hydrogens (primary N) is 1. The van der Waals surface area contributed by atoms with Crippen LogP contribution in [-0.2, 0) is 14.4 Å². The van der Waals surface area contributed by atoms with Gasteiger partial charge in [0.05, 0.1) is 17.5 Å². The second kappa shape index (κ2) is 13.3. The number of rotatable bonds is 12. The summed E-state index contributed by atoms with van der Waals surface area (Å²) in [5.74, 6) is -6.28. The third-order valence-corrected chi connectivity index (χ3v) is 7.33. The number of hydrogen-bond acceptors (Lipinski definition) is 5. The van der Waals surface area contributed by atoms with E-state index in [0.717, 1.165) is 18.4 Å². The summed E-state index contributed by atoms with van der Waals surface area (Å²) in [5, 5.41) is 5.03. The van der Waals surface area contributed by atoms with Gasteiger partial charge in [-0.25, -0.2) is 4.99 Å². The topological polar surface area (TPSA) is 123 Å². The average Bonchev–Trinajstić information content (AvgIpc) is 3.74. The third-order valence-electron chi connectivity index (χ3n) is 7.33. The second-order valence-corrected chi connectivity index (χ2v) is 11.0. The highest BCUT2D eigenvalue weighted by molar-refractivity contribution is 6.20. The van der Waals surface area contributed by atoms with Crippen LogP contribution < -0.4 is 21.1 Å². The number of primary amides is 1. The molecule has 2 aromatic carbocycles. The number of nitrogens with one attached hydrogen (secondary N) is 2. The van der Waals surface area contributed by atoms with E-state index >= 15 is 0 Å². The summed E-state index contributed by atoms with van der Waals surface area (Å²) in [6, 6.07) is 12.2. The zero-order chi connectivity index (χ0) is 32.2. The summed E-state index contributed by atoms with van der Waals surface area (Å²) in [4.78, 5) is 43.7. The molecule has 8 nitrogen and oxygen atoms in total. The van der Waals surface area contributed by atoms with Crippen molar-refractivity contribution in [1.82, 2.24) is 5.32 Å². The Morgan fingerprint density at radius 1 is 1.02 bits per heavy atom. The van der Waals surface area contributed by atoms with Gasteiger partial charge in [0.15, 0.2) is 0 Å². The van der Waals surface area contributed by atoms with Gasteiger partial charge in [-0.1, -0.05) is 35.9 Å². The van der Waals surface area contributed by atoms with Crippen LogP contribution >= 0.6 is 0 Å². The average molecular weight is 627 g/mol. The van der Waals surface area contributed by atoms with Crippen LogP contribution in [0.5, 0.6) is 5.75 Å². The van der Waals surface area contributed by atoms with Gasteiger partial charge in [-0.15, -0.1) is 0 Å². The maximum absolute atomic E-state index is 13.5. The van der Waals surface area contributed by atoms with Crippen molar-refractivity contribution in [3.63, 3.8) is 0 Å². The van der Waals surface area contributed by atoms with Crippen molar-refractivity contribution in [3.8, 4) is 5.75 Å². The van der Waals surface area contributed by atoms with Crippen LogP contribution in [0.4, 0.5) is 32.0 Å². The lowest BCUT2D eigenvalue weighted by molar-refractivity contribution is -0.147. The summed E-state index contributed by atoms with van der Waals surface area (Å²) >= 11 is 0. The third kappa shape index (κ3) is 8.96. The van der Waals surface area contributed by atoms with Gasteiger partial charge in [-0.05, 0) is 51.2 Å². The van der Waals surface area contributed by atoms with Gasteiger partial charge in [0, 0.05) is 35.8 Å². The van der Waals surface area contributed by atoms with E-state index in [0.29, 0.717) is 16.9 Å². The summed E-state index contributed by atoms with van der Waals surface area (Å²) < 4.78 is 83.8. The molecule has 2 aromatic rings. The van der Waals surface area contributed by atoms with Crippen LogP contribution in [0.1, 0.15) is 61.6 Å². The molecular formula is C30H32F6N4O4. The molecule has 238 valence electrons. The van der Waals surface area contributed by atoms with Gasteiger partial charge >= 0.3 is 12.4 Å². The Bertz CT molecular complexity index is 1420. The first-order chi connectivity index (χ1) is 20.6. The number of hydrogen-bond donors (Lipinski definition) is 3. The molecule has 0 aromatic heterocycles. The molecule has 1 aliphatic heterocycles. The van der Waals surface area contributed by atoms with Gasteiger partial charge in [0.1, 0.15) is 5.75 Å². The predicted octanol–water partition coefficient (Wildman–Crippen LogP) is 5.56.